The molecule has 0 aliphatic rings. The summed E-state index contributed by atoms with van der Waals surface area (Å²) in [4.78, 5) is 0.134. The van der Waals surface area contributed by atoms with E-state index in [2.05, 4.69) is 9.82 Å². The average molecular weight is 266 g/mol. The molecule has 96 valence electrons. The van der Waals surface area contributed by atoms with Gasteiger partial charge in [-0.15, -0.1) is 0 Å². The number of nitrogens with two attached hydrogens (primary N) is 1. The summed E-state index contributed by atoms with van der Waals surface area (Å²) in [5.41, 5.74) is 7.41. The summed E-state index contributed by atoms with van der Waals surface area (Å²) in [6.45, 7) is 1.82. The van der Waals surface area contributed by atoms with Crippen LogP contribution in [0.3, 0.4) is 0 Å². The number of hydrogen-bond acceptors (Lipinski definition) is 4. The fourth-order valence-electron chi connectivity index (χ4n) is 1.47. The SMILES string of the molecule is Cc1ccc(S(=O)(=O)Nc2cnn(C)c2)cc1N. The van der Waals surface area contributed by atoms with Crippen molar-refractivity contribution >= 4 is 21.4 Å². The summed E-state index contributed by atoms with van der Waals surface area (Å²) in [5.74, 6) is 0. The Morgan fingerprint density at radius 1 is 1.39 bits per heavy atom. The Labute approximate surface area is 105 Å². The van der Waals surface area contributed by atoms with Gasteiger partial charge in [0.2, 0.25) is 0 Å². The monoisotopic (exact) mass is 266 g/mol. The number of anilines is 2. The summed E-state index contributed by atoms with van der Waals surface area (Å²) >= 11 is 0. The van der Waals surface area contributed by atoms with Gasteiger partial charge >= 0.3 is 0 Å². The first-order valence-corrected chi connectivity index (χ1v) is 6.74. The molecule has 0 aliphatic carbocycles. The highest BCUT2D eigenvalue weighted by Gasteiger charge is 2.15. The van der Waals surface area contributed by atoms with Crippen molar-refractivity contribution in [2.24, 2.45) is 7.05 Å². The van der Waals surface area contributed by atoms with Crippen LogP contribution in [-0.2, 0) is 17.1 Å². The van der Waals surface area contributed by atoms with E-state index in [1.54, 1.807) is 19.3 Å². The highest BCUT2D eigenvalue weighted by molar-refractivity contribution is 7.92. The zero-order valence-electron chi connectivity index (χ0n) is 10.1. The van der Waals surface area contributed by atoms with Gasteiger partial charge in [-0.3, -0.25) is 9.40 Å². The fraction of sp³-hybridized carbons (Fsp3) is 0.182. The van der Waals surface area contributed by atoms with Crippen LogP contribution >= 0.6 is 0 Å². The lowest BCUT2D eigenvalue weighted by molar-refractivity contribution is 0.601. The average Bonchev–Trinajstić information content (AvgIpc) is 2.67. The third kappa shape index (κ3) is 2.45. The molecule has 0 saturated heterocycles. The number of aryl methyl sites for hydroxylation is 2. The van der Waals surface area contributed by atoms with Gasteiger partial charge in [-0.05, 0) is 24.6 Å². The molecule has 1 aromatic carbocycles. The maximum Gasteiger partial charge on any atom is 0.262 e. The van der Waals surface area contributed by atoms with Crippen LogP contribution in [0.15, 0.2) is 35.5 Å². The minimum absolute atomic E-state index is 0.134. The van der Waals surface area contributed by atoms with Crippen LogP contribution in [-0.4, -0.2) is 18.2 Å². The van der Waals surface area contributed by atoms with Crippen molar-refractivity contribution in [3.63, 3.8) is 0 Å². The maximum atomic E-state index is 12.1. The van der Waals surface area contributed by atoms with Crippen molar-refractivity contribution in [2.45, 2.75) is 11.8 Å². The van der Waals surface area contributed by atoms with E-state index in [9.17, 15) is 8.42 Å². The molecule has 6 nitrogen and oxygen atoms in total. The van der Waals surface area contributed by atoms with Crippen molar-refractivity contribution in [3.05, 3.63) is 36.2 Å². The molecule has 0 unspecified atom stereocenters. The van der Waals surface area contributed by atoms with E-state index >= 15 is 0 Å². The Bertz CT molecular complexity index is 676. The molecule has 0 fully saturated rings. The standard InChI is InChI=1S/C11H14N4O2S/c1-8-3-4-10(5-11(8)12)18(16,17)14-9-6-13-15(2)7-9/h3-7,14H,12H2,1-2H3. The van der Waals surface area contributed by atoms with E-state index in [1.165, 1.54) is 23.0 Å². The van der Waals surface area contributed by atoms with Crippen LogP contribution in [0.5, 0.6) is 0 Å². The number of nitrogen functional groups attached to an aromatic ring is 1. The predicted octanol–water partition coefficient (Wildman–Crippen LogP) is 1.11. The van der Waals surface area contributed by atoms with Gasteiger partial charge in [-0.1, -0.05) is 6.07 Å². The van der Waals surface area contributed by atoms with Gasteiger partial charge in [0, 0.05) is 18.9 Å². The number of sulfonamides is 1. The first kappa shape index (κ1) is 12.4. The number of nitrogens with zero attached hydrogens (tertiary/aromatic N) is 2. The van der Waals surface area contributed by atoms with Crippen molar-refractivity contribution < 1.29 is 8.42 Å². The Balaban J connectivity index is 2.33. The van der Waals surface area contributed by atoms with E-state index in [-0.39, 0.29) is 4.90 Å². The molecule has 18 heavy (non-hydrogen) atoms. The lowest BCUT2D eigenvalue weighted by Crippen LogP contribution is -2.13. The molecule has 0 aliphatic heterocycles. The Kier molecular flexibility index (Phi) is 3.00. The van der Waals surface area contributed by atoms with Crippen molar-refractivity contribution in [2.75, 3.05) is 10.5 Å². The van der Waals surface area contributed by atoms with Gasteiger partial charge in [0.15, 0.2) is 0 Å². The molecule has 2 aromatic rings. The fourth-order valence-corrected chi connectivity index (χ4v) is 2.54. The van der Waals surface area contributed by atoms with E-state index in [0.717, 1.165) is 5.56 Å². The molecule has 1 aromatic heterocycles. The molecule has 0 amide bonds. The molecule has 2 rings (SSSR count). The van der Waals surface area contributed by atoms with Crippen LogP contribution in [0.1, 0.15) is 5.56 Å². The molecule has 7 heteroatoms. The Hall–Kier alpha value is -2.02. The molecular formula is C11H14N4O2S. The van der Waals surface area contributed by atoms with Crippen molar-refractivity contribution in [1.29, 1.82) is 0 Å². The van der Waals surface area contributed by atoms with E-state index in [0.29, 0.717) is 11.4 Å². The first-order chi connectivity index (χ1) is 8.38. The lowest BCUT2D eigenvalue weighted by Gasteiger charge is -2.07. The lowest BCUT2D eigenvalue weighted by atomic mass is 10.2. The maximum absolute atomic E-state index is 12.1. The molecule has 0 bridgehead atoms. The van der Waals surface area contributed by atoms with Crippen LogP contribution in [0.2, 0.25) is 0 Å². The summed E-state index contributed by atoms with van der Waals surface area (Å²) in [6, 6.07) is 4.63. The number of benzene rings is 1. The second kappa shape index (κ2) is 4.34. The Morgan fingerprint density at radius 3 is 2.67 bits per heavy atom. The van der Waals surface area contributed by atoms with Crippen LogP contribution in [0, 0.1) is 6.92 Å². The second-order valence-corrected chi connectivity index (χ2v) is 5.71. The van der Waals surface area contributed by atoms with Crippen LogP contribution in [0.25, 0.3) is 0 Å². The zero-order chi connectivity index (χ0) is 13.3. The summed E-state index contributed by atoms with van der Waals surface area (Å²) in [5, 5.41) is 3.89. The molecular weight excluding hydrogens is 252 g/mol. The van der Waals surface area contributed by atoms with Crippen molar-refractivity contribution in [1.82, 2.24) is 9.78 Å². The van der Waals surface area contributed by atoms with Gasteiger partial charge in [0.25, 0.3) is 10.0 Å². The second-order valence-electron chi connectivity index (χ2n) is 4.03. The minimum atomic E-state index is -3.62. The van der Waals surface area contributed by atoms with Crippen molar-refractivity contribution in [3.8, 4) is 0 Å². The molecule has 0 atom stereocenters. The van der Waals surface area contributed by atoms with E-state index in [4.69, 9.17) is 5.73 Å². The smallest absolute Gasteiger partial charge is 0.262 e. The van der Waals surface area contributed by atoms with Crippen LogP contribution < -0.4 is 10.5 Å². The zero-order valence-corrected chi connectivity index (χ0v) is 10.9. The highest BCUT2D eigenvalue weighted by atomic mass is 32.2. The van der Waals surface area contributed by atoms with E-state index in [1.807, 2.05) is 6.92 Å². The molecule has 1 heterocycles. The van der Waals surface area contributed by atoms with Crippen LogP contribution in [0.4, 0.5) is 11.4 Å². The first-order valence-electron chi connectivity index (χ1n) is 5.26. The number of hydrogen-bond donors (Lipinski definition) is 2. The predicted molar refractivity (Wildman–Crippen MR) is 69.6 cm³/mol. The third-order valence-corrected chi connectivity index (χ3v) is 3.90. The Morgan fingerprint density at radius 2 is 2.11 bits per heavy atom. The van der Waals surface area contributed by atoms with Gasteiger partial charge in [0.1, 0.15) is 0 Å². The van der Waals surface area contributed by atoms with E-state index < -0.39 is 10.0 Å². The topological polar surface area (TPSA) is 90.0 Å². The van der Waals surface area contributed by atoms with Gasteiger partial charge < -0.3 is 5.73 Å². The molecule has 0 spiro atoms. The highest BCUT2D eigenvalue weighted by Crippen LogP contribution is 2.19. The van der Waals surface area contributed by atoms with Gasteiger partial charge in [-0.2, -0.15) is 5.10 Å². The largest absolute Gasteiger partial charge is 0.398 e. The third-order valence-electron chi connectivity index (χ3n) is 2.52. The number of nitrogens with one attached hydrogen (secondary N) is 1. The molecule has 3 N–H and O–H groups in total. The normalized spacial score (nSPS) is 11.4. The van der Waals surface area contributed by atoms with Gasteiger partial charge in [0.05, 0.1) is 16.8 Å². The minimum Gasteiger partial charge on any atom is -0.398 e. The summed E-state index contributed by atoms with van der Waals surface area (Å²) in [7, 11) is -1.91. The summed E-state index contributed by atoms with van der Waals surface area (Å²) in [6.07, 6.45) is 3.02. The molecule has 0 radical (unpaired) electrons. The number of rotatable bonds is 3. The quantitative estimate of drug-likeness (QED) is 0.814. The number of aromatic nitrogens is 2. The molecule has 0 saturated carbocycles. The summed E-state index contributed by atoms with van der Waals surface area (Å²) < 4.78 is 28.1. The van der Waals surface area contributed by atoms with Gasteiger partial charge in [-0.25, -0.2) is 8.42 Å².